The minimum Gasteiger partial charge on any atom is -0.325 e. The quantitative estimate of drug-likeness (QED) is 0.667. The highest BCUT2D eigenvalue weighted by molar-refractivity contribution is 5.97. The molecular formula is C21H26N4O. The van der Waals surface area contributed by atoms with Gasteiger partial charge in [-0.3, -0.25) is 9.89 Å². The molecule has 1 aromatic heterocycles. The first kappa shape index (κ1) is 18.1. The van der Waals surface area contributed by atoms with Crippen molar-refractivity contribution in [3.63, 3.8) is 0 Å². The fourth-order valence-electron chi connectivity index (χ4n) is 3.46. The van der Waals surface area contributed by atoms with Crippen molar-refractivity contribution < 1.29 is 4.79 Å². The van der Waals surface area contributed by atoms with E-state index in [0.717, 1.165) is 36.0 Å². The highest BCUT2D eigenvalue weighted by Crippen LogP contribution is 2.29. The van der Waals surface area contributed by atoms with Crippen LogP contribution in [0.5, 0.6) is 0 Å². The van der Waals surface area contributed by atoms with Gasteiger partial charge in [0.05, 0.1) is 17.8 Å². The Hall–Kier alpha value is -2.66. The Morgan fingerprint density at radius 3 is 2.77 bits per heavy atom. The number of nitrogens with zero attached hydrogens (tertiary/aromatic N) is 1. The number of nitrogens with one attached hydrogen (secondary N) is 3. The van der Waals surface area contributed by atoms with E-state index in [9.17, 15) is 4.79 Å². The summed E-state index contributed by atoms with van der Waals surface area (Å²) < 4.78 is 0. The topological polar surface area (TPSA) is 69.8 Å². The van der Waals surface area contributed by atoms with Gasteiger partial charge in [-0.1, -0.05) is 44.2 Å². The molecule has 3 N–H and O–H groups in total. The van der Waals surface area contributed by atoms with Gasteiger partial charge in [-0.15, -0.1) is 0 Å². The molecule has 2 heterocycles. The van der Waals surface area contributed by atoms with Crippen LogP contribution in [0.15, 0.2) is 54.7 Å². The number of piperidine rings is 1. The number of hydrogen-bond donors (Lipinski definition) is 3. The SMILES string of the molecule is CC.O=C(Nc1ccc2[nH]ncc2c1)C1NCCCC1c1ccccc1. The second kappa shape index (κ2) is 8.63. The van der Waals surface area contributed by atoms with Crippen LogP contribution in [0.2, 0.25) is 0 Å². The summed E-state index contributed by atoms with van der Waals surface area (Å²) in [6.07, 6.45) is 3.87. The average molecular weight is 350 g/mol. The van der Waals surface area contributed by atoms with E-state index < -0.39 is 0 Å². The number of fused-ring (bicyclic) bond motifs is 1. The molecular weight excluding hydrogens is 324 g/mol. The maximum atomic E-state index is 12.8. The van der Waals surface area contributed by atoms with Crippen molar-refractivity contribution in [1.29, 1.82) is 0 Å². The summed E-state index contributed by atoms with van der Waals surface area (Å²) in [7, 11) is 0. The molecule has 1 fully saturated rings. The van der Waals surface area contributed by atoms with Crippen LogP contribution in [-0.2, 0) is 4.79 Å². The molecule has 2 atom stereocenters. The summed E-state index contributed by atoms with van der Waals surface area (Å²) in [6.45, 7) is 4.88. The molecule has 0 saturated carbocycles. The van der Waals surface area contributed by atoms with Gasteiger partial charge < -0.3 is 10.6 Å². The lowest BCUT2D eigenvalue weighted by Gasteiger charge is -2.32. The van der Waals surface area contributed by atoms with E-state index in [2.05, 4.69) is 33.0 Å². The Labute approximate surface area is 154 Å². The number of carbonyl (C=O) groups is 1. The molecule has 26 heavy (non-hydrogen) atoms. The van der Waals surface area contributed by atoms with E-state index in [4.69, 9.17) is 0 Å². The fourth-order valence-corrected chi connectivity index (χ4v) is 3.46. The summed E-state index contributed by atoms with van der Waals surface area (Å²) in [5.74, 6) is 0.226. The van der Waals surface area contributed by atoms with E-state index in [1.165, 1.54) is 5.56 Å². The minimum absolute atomic E-state index is 0.0198. The van der Waals surface area contributed by atoms with Crippen LogP contribution in [0.4, 0.5) is 5.69 Å². The number of amides is 1. The molecule has 136 valence electrons. The minimum atomic E-state index is -0.207. The molecule has 3 aromatic rings. The standard InChI is InChI=1S/C19H20N4O.C2H6/c24-19(22-15-8-9-17-14(11-15)12-21-23-17)18-16(7-4-10-20-18)13-5-2-1-3-6-13;1-2/h1-3,5-6,8-9,11-12,16,18,20H,4,7,10H2,(H,21,23)(H,22,24);1-2H3. The first-order valence-electron chi connectivity index (χ1n) is 9.33. The van der Waals surface area contributed by atoms with E-state index in [1.807, 2.05) is 50.2 Å². The molecule has 4 rings (SSSR count). The van der Waals surface area contributed by atoms with Gasteiger partial charge >= 0.3 is 0 Å². The molecule has 2 unspecified atom stereocenters. The Morgan fingerprint density at radius 1 is 1.15 bits per heavy atom. The molecule has 2 aromatic carbocycles. The van der Waals surface area contributed by atoms with E-state index in [-0.39, 0.29) is 17.9 Å². The smallest absolute Gasteiger partial charge is 0.242 e. The van der Waals surface area contributed by atoms with Gasteiger partial charge in [0.2, 0.25) is 5.91 Å². The molecule has 1 aliphatic rings. The van der Waals surface area contributed by atoms with Crippen molar-refractivity contribution in [2.24, 2.45) is 0 Å². The number of H-pyrrole nitrogens is 1. The molecule has 1 aliphatic heterocycles. The van der Waals surface area contributed by atoms with Crippen LogP contribution in [-0.4, -0.2) is 28.7 Å². The third-order valence-electron chi connectivity index (χ3n) is 4.68. The van der Waals surface area contributed by atoms with Crippen LogP contribution in [0, 0.1) is 0 Å². The molecule has 0 aliphatic carbocycles. The molecule has 1 amide bonds. The number of benzene rings is 2. The van der Waals surface area contributed by atoms with Gasteiger partial charge in [-0.05, 0) is 43.1 Å². The fraction of sp³-hybridized carbons (Fsp3) is 0.333. The Morgan fingerprint density at radius 2 is 1.96 bits per heavy atom. The van der Waals surface area contributed by atoms with Crippen molar-refractivity contribution in [1.82, 2.24) is 15.5 Å². The number of aromatic nitrogens is 2. The van der Waals surface area contributed by atoms with Crippen molar-refractivity contribution in [3.8, 4) is 0 Å². The third-order valence-corrected chi connectivity index (χ3v) is 4.68. The monoisotopic (exact) mass is 350 g/mol. The van der Waals surface area contributed by atoms with Gasteiger partial charge in [-0.2, -0.15) is 5.10 Å². The van der Waals surface area contributed by atoms with Crippen LogP contribution in [0.25, 0.3) is 10.9 Å². The van der Waals surface area contributed by atoms with Crippen molar-refractivity contribution in [2.75, 3.05) is 11.9 Å². The second-order valence-electron chi connectivity index (χ2n) is 6.25. The van der Waals surface area contributed by atoms with Crippen LogP contribution in [0.3, 0.4) is 0 Å². The van der Waals surface area contributed by atoms with Gasteiger partial charge in [0, 0.05) is 17.0 Å². The highest BCUT2D eigenvalue weighted by Gasteiger charge is 2.31. The average Bonchev–Trinajstić information content (AvgIpc) is 3.18. The lowest BCUT2D eigenvalue weighted by molar-refractivity contribution is -0.119. The van der Waals surface area contributed by atoms with E-state index in [1.54, 1.807) is 6.20 Å². The van der Waals surface area contributed by atoms with E-state index >= 15 is 0 Å². The Bertz CT molecular complexity index is 843. The highest BCUT2D eigenvalue weighted by atomic mass is 16.2. The molecule has 0 radical (unpaired) electrons. The summed E-state index contributed by atoms with van der Waals surface area (Å²) in [4.78, 5) is 12.8. The predicted molar refractivity (Wildman–Crippen MR) is 106 cm³/mol. The zero-order valence-electron chi connectivity index (χ0n) is 15.3. The van der Waals surface area contributed by atoms with Crippen molar-refractivity contribution in [3.05, 3.63) is 60.3 Å². The maximum Gasteiger partial charge on any atom is 0.242 e. The van der Waals surface area contributed by atoms with Crippen LogP contribution < -0.4 is 10.6 Å². The Balaban J connectivity index is 0.000000948. The summed E-state index contributed by atoms with van der Waals surface area (Å²) >= 11 is 0. The van der Waals surface area contributed by atoms with Gasteiger partial charge in [0.1, 0.15) is 0 Å². The molecule has 1 saturated heterocycles. The third kappa shape index (κ3) is 3.94. The second-order valence-corrected chi connectivity index (χ2v) is 6.25. The lowest BCUT2D eigenvalue weighted by atomic mass is 9.84. The number of rotatable bonds is 3. The molecule has 5 heteroatoms. The number of carbonyl (C=O) groups excluding carboxylic acids is 1. The van der Waals surface area contributed by atoms with Crippen LogP contribution >= 0.6 is 0 Å². The van der Waals surface area contributed by atoms with Crippen molar-refractivity contribution >= 4 is 22.5 Å². The summed E-state index contributed by atoms with van der Waals surface area (Å²) in [5, 5.41) is 14.4. The number of anilines is 1. The largest absolute Gasteiger partial charge is 0.325 e. The Kier molecular flexibility index (Phi) is 6.02. The number of hydrogen-bond acceptors (Lipinski definition) is 3. The van der Waals surface area contributed by atoms with E-state index in [0.29, 0.717) is 0 Å². The van der Waals surface area contributed by atoms with Gasteiger partial charge in [-0.25, -0.2) is 0 Å². The molecule has 0 bridgehead atoms. The van der Waals surface area contributed by atoms with Crippen LogP contribution in [0.1, 0.15) is 38.2 Å². The first-order valence-corrected chi connectivity index (χ1v) is 9.33. The summed E-state index contributed by atoms with van der Waals surface area (Å²) in [6, 6.07) is 15.9. The zero-order chi connectivity index (χ0) is 18.4. The predicted octanol–water partition coefficient (Wildman–Crippen LogP) is 4.06. The maximum absolute atomic E-state index is 12.8. The molecule has 5 nitrogen and oxygen atoms in total. The zero-order valence-corrected chi connectivity index (χ0v) is 15.3. The molecule has 0 spiro atoms. The first-order chi connectivity index (χ1) is 12.8. The van der Waals surface area contributed by atoms with Gasteiger partial charge in [0.15, 0.2) is 0 Å². The number of aromatic amines is 1. The van der Waals surface area contributed by atoms with Gasteiger partial charge in [0.25, 0.3) is 0 Å². The summed E-state index contributed by atoms with van der Waals surface area (Å²) in [5.41, 5.74) is 2.98. The normalized spacial score (nSPS) is 19.5. The van der Waals surface area contributed by atoms with Crippen molar-refractivity contribution in [2.45, 2.75) is 38.6 Å². The lowest BCUT2D eigenvalue weighted by Crippen LogP contribution is -2.48.